The Balaban J connectivity index is 2.24. The van der Waals surface area contributed by atoms with Crippen LogP contribution in [-0.2, 0) is 23.9 Å². The molecule has 1 saturated heterocycles. The predicted molar refractivity (Wildman–Crippen MR) is 76.4 cm³/mol. The van der Waals surface area contributed by atoms with Crippen molar-refractivity contribution in [1.82, 2.24) is 5.32 Å². The first kappa shape index (κ1) is 17.5. The Labute approximate surface area is 125 Å². The quantitative estimate of drug-likeness (QED) is 0.356. The number of rotatable bonds is 11. The van der Waals surface area contributed by atoms with Crippen molar-refractivity contribution in [2.45, 2.75) is 64.6 Å². The maximum absolute atomic E-state index is 11.5. The molecule has 0 aromatic rings. The van der Waals surface area contributed by atoms with Crippen molar-refractivity contribution in [3.63, 3.8) is 0 Å². The van der Waals surface area contributed by atoms with Crippen LogP contribution in [0, 0.1) is 5.92 Å². The smallest absolute Gasteiger partial charge is 0.325 e. The summed E-state index contributed by atoms with van der Waals surface area (Å²) in [5.41, 5.74) is 0. The van der Waals surface area contributed by atoms with Gasteiger partial charge in [-0.25, -0.2) is 0 Å². The van der Waals surface area contributed by atoms with Crippen LogP contribution >= 0.6 is 0 Å². The van der Waals surface area contributed by atoms with Gasteiger partial charge in [0.15, 0.2) is 0 Å². The summed E-state index contributed by atoms with van der Waals surface area (Å²) >= 11 is 0. The van der Waals surface area contributed by atoms with Gasteiger partial charge >= 0.3 is 11.9 Å². The van der Waals surface area contributed by atoms with Crippen molar-refractivity contribution in [1.29, 1.82) is 0 Å². The zero-order chi connectivity index (χ0) is 15.7. The third-order valence-corrected chi connectivity index (χ3v) is 3.61. The number of unbranched alkanes of at least 4 members (excludes halogenated alkanes) is 3. The van der Waals surface area contributed by atoms with Crippen molar-refractivity contribution >= 4 is 18.3 Å². The largest absolute Gasteiger partial charge is 0.461 e. The van der Waals surface area contributed by atoms with Gasteiger partial charge in [0.1, 0.15) is 18.8 Å². The number of hydrogen-bond acceptors (Lipinski definition) is 5. The molecule has 0 radical (unpaired) electrons. The molecule has 6 heteroatoms. The van der Waals surface area contributed by atoms with Crippen LogP contribution in [0.2, 0.25) is 0 Å². The number of esters is 2. The van der Waals surface area contributed by atoms with Crippen LogP contribution in [0.5, 0.6) is 0 Å². The molecular weight excluding hydrogens is 274 g/mol. The van der Waals surface area contributed by atoms with Crippen LogP contribution in [-0.4, -0.2) is 37.1 Å². The lowest BCUT2D eigenvalue weighted by Gasteiger charge is -2.36. The van der Waals surface area contributed by atoms with Crippen molar-refractivity contribution in [2.24, 2.45) is 5.92 Å². The number of carbonyl (C=O) groups excluding carboxylic acids is 3. The van der Waals surface area contributed by atoms with Crippen LogP contribution in [0.15, 0.2) is 0 Å². The summed E-state index contributed by atoms with van der Waals surface area (Å²) in [6.07, 6.45) is 5.84. The van der Waals surface area contributed by atoms with Gasteiger partial charge in [0.05, 0.1) is 5.92 Å². The molecule has 0 aliphatic carbocycles. The summed E-state index contributed by atoms with van der Waals surface area (Å²) in [5, 5.41) is 2.25. The lowest BCUT2D eigenvalue weighted by molar-refractivity contribution is -0.189. The lowest BCUT2D eigenvalue weighted by Crippen LogP contribution is -2.47. The molecule has 0 aromatic heterocycles. The van der Waals surface area contributed by atoms with Crippen molar-refractivity contribution < 1.29 is 23.9 Å². The summed E-state index contributed by atoms with van der Waals surface area (Å²) in [5.74, 6) is -0.687. The zero-order valence-corrected chi connectivity index (χ0v) is 12.8. The van der Waals surface area contributed by atoms with Gasteiger partial charge in [-0.05, 0) is 13.3 Å². The fraction of sp³-hybridized carbons (Fsp3) is 0.800. The molecule has 6 nitrogen and oxygen atoms in total. The molecule has 0 aromatic carbocycles. The maximum Gasteiger partial charge on any atom is 0.325 e. The Morgan fingerprint density at radius 3 is 2.81 bits per heavy atom. The SMILES string of the molecule is CCCCCC[C@@H]1C(=O)OC1C[C@@H](C)OC(=O)CNC=O. The molecule has 1 aliphatic rings. The highest BCUT2D eigenvalue weighted by atomic mass is 16.6. The van der Waals surface area contributed by atoms with E-state index in [0.29, 0.717) is 12.8 Å². The van der Waals surface area contributed by atoms with Gasteiger partial charge in [0.2, 0.25) is 6.41 Å². The molecule has 1 amide bonds. The molecular formula is C15H25NO5. The molecule has 1 N–H and O–H groups in total. The molecule has 0 saturated carbocycles. The van der Waals surface area contributed by atoms with Crippen LogP contribution < -0.4 is 5.32 Å². The average molecular weight is 299 g/mol. The van der Waals surface area contributed by atoms with Crippen LogP contribution in [0.25, 0.3) is 0 Å². The van der Waals surface area contributed by atoms with Gasteiger partial charge < -0.3 is 14.8 Å². The summed E-state index contributed by atoms with van der Waals surface area (Å²) in [6, 6.07) is 0. The third-order valence-electron chi connectivity index (χ3n) is 3.61. The highest BCUT2D eigenvalue weighted by Gasteiger charge is 2.42. The Morgan fingerprint density at radius 1 is 1.43 bits per heavy atom. The van der Waals surface area contributed by atoms with E-state index < -0.39 is 5.97 Å². The summed E-state index contributed by atoms with van der Waals surface area (Å²) in [6.45, 7) is 3.77. The normalized spacial score (nSPS) is 21.9. The molecule has 3 atom stereocenters. The molecule has 1 heterocycles. The number of cyclic esters (lactones) is 1. The average Bonchev–Trinajstić information content (AvgIpc) is 2.44. The fourth-order valence-corrected chi connectivity index (χ4v) is 2.47. The molecule has 1 unspecified atom stereocenters. The number of carbonyl (C=O) groups is 3. The van der Waals surface area contributed by atoms with E-state index in [1.54, 1.807) is 6.92 Å². The van der Waals surface area contributed by atoms with Crippen molar-refractivity contribution in [3.05, 3.63) is 0 Å². The van der Waals surface area contributed by atoms with Gasteiger partial charge in [-0.2, -0.15) is 0 Å². The van der Waals surface area contributed by atoms with E-state index in [4.69, 9.17) is 9.47 Å². The molecule has 120 valence electrons. The zero-order valence-electron chi connectivity index (χ0n) is 12.8. The Hall–Kier alpha value is -1.59. The Kier molecular flexibility index (Phi) is 7.79. The van der Waals surface area contributed by atoms with Gasteiger partial charge in [-0.3, -0.25) is 14.4 Å². The minimum Gasteiger partial charge on any atom is -0.461 e. The number of ether oxygens (including phenoxy) is 2. The molecule has 21 heavy (non-hydrogen) atoms. The lowest BCUT2D eigenvalue weighted by atomic mass is 9.87. The molecule has 1 rings (SSSR count). The van der Waals surface area contributed by atoms with Gasteiger partial charge in [-0.15, -0.1) is 0 Å². The van der Waals surface area contributed by atoms with E-state index in [2.05, 4.69) is 12.2 Å². The summed E-state index contributed by atoms with van der Waals surface area (Å²) < 4.78 is 10.3. The first-order chi connectivity index (χ1) is 10.1. The summed E-state index contributed by atoms with van der Waals surface area (Å²) in [7, 11) is 0. The topological polar surface area (TPSA) is 81.7 Å². The van der Waals surface area contributed by atoms with E-state index >= 15 is 0 Å². The highest BCUT2D eigenvalue weighted by Crippen LogP contribution is 2.31. The fourth-order valence-electron chi connectivity index (χ4n) is 2.47. The second kappa shape index (κ2) is 9.37. The van der Waals surface area contributed by atoms with E-state index in [0.717, 1.165) is 19.3 Å². The monoisotopic (exact) mass is 299 g/mol. The predicted octanol–water partition coefficient (Wildman–Crippen LogP) is 1.57. The minimum atomic E-state index is -0.486. The van der Waals surface area contributed by atoms with Gasteiger partial charge in [0.25, 0.3) is 0 Å². The maximum atomic E-state index is 11.5. The number of hydrogen-bond donors (Lipinski definition) is 1. The highest BCUT2D eigenvalue weighted by molar-refractivity contribution is 5.78. The van der Waals surface area contributed by atoms with Crippen molar-refractivity contribution in [2.75, 3.05) is 6.54 Å². The standard InChI is InChI=1S/C15H25NO5/c1-3-4-5-6-7-12-13(21-15(12)19)8-11(2)20-14(18)9-16-10-17/h10-13H,3-9H2,1-2H3,(H,16,17)/t11-,12+,13?/m1/s1. The molecule has 1 fully saturated rings. The van der Waals surface area contributed by atoms with Crippen LogP contribution in [0.4, 0.5) is 0 Å². The second-order valence-corrected chi connectivity index (χ2v) is 5.47. The van der Waals surface area contributed by atoms with Crippen LogP contribution in [0.3, 0.4) is 0 Å². The van der Waals surface area contributed by atoms with Gasteiger partial charge in [0, 0.05) is 6.42 Å². The first-order valence-corrected chi connectivity index (χ1v) is 7.65. The van der Waals surface area contributed by atoms with E-state index in [1.165, 1.54) is 12.8 Å². The molecule has 1 aliphatic heterocycles. The van der Waals surface area contributed by atoms with Gasteiger partial charge in [-0.1, -0.05) is 32.6 Å². The van der Waals surface area contributed by atoms with Crippen LogP contribution in [0.1, 0.15) is 52.4 Å². The Bertz CT molecular complexity index is 358. The third kappa shape index (κ3) is 6.14. The van der Waals surface area contributed by atoms with E-state index in [1.807, 2.05) is 0 Å². The first-order valence-electron chi connectivity index (χ1n) is 7.65. The molecule has 0 bridgehead atoms. The second-order valence-electron chi connectivity index (χ2n) is 5.47. The Morgan fingerprint density at radius 2 is 2.19 bits per heavy atom. The van der Waals surface area contributed by atoms with E-state index in [-0.39, 0.29) is 30.6 Å². The molecule has 0 spiro atoms. The number of nitrogens with one attached hydrogen (secondary N) is 1. The number of amides is 1. The van der Waals surface area contributed by atoms with Crippen molar-refractivity contribution in [3.8, 4) is 0 Å². The van der Waals surface area contributed by atoms with E-state index in [9.17, 15) is 14.4 Å². The summed E-state index contributed by atoms with van der Waals surface area (Å²) in [4.78, 5) is 32.9. The minimum absolute atomic E-state index is 0.0592.